The lowest BCUT2D eigenvalue weighted by molar-refractivity contribution is -0.137. The predicted octanol–water partition coefficient (Wildman–Crippen LogP) is 4.12. The van der Waals surface area contributed by atoms with Gasteiger partial charge in [-0.3, -0.25) is 4.79 Å². The molecule has 1 N–H and O–H groups in total. The zero-order valence-corrected chi connectivity index (χ0v) is 16.7. The molecule has 4 heteroatoms. The molecule has 0 aromatic rings. The molecular weight excluding hydrogens is 316 g/mol. The summed E-state index contributed by atoms with van der Waals surface area (Å²) in [6, 6.07) is 0. The van der Waals surface area contributed by atoms with Gasteiger partial charge < -0.3 is 14.6 Å². The Labute approximate surface area is 153 Å². The van der Waals surface area contributed by atoms with Crippen LogP contribution in [-0.4, -0.2) is 37.0 Å². The number of hydrogen-bond acceptors (Lipinski definition) is 4. The maximum Gasteiger partial charge on any atom is 0.143 e. The highest BCUT2D eigenvalue weighted by atomic mass is 16.5. The van der Waals surface area contributed by atoms with Gasteiger partial charge in [-0.25, -0.2) is 0 Å². The molecule has 4 nitrogen and oxygen atoms in total. The molecule has 0 aromatic carbocycles. The van der Waals surface area contributed by atoms with Crippen molar-refractivity contribution in [3.05, 3.63) is 23.8 Å². The van der Waals surface area contributed by atoms with Crippen molar-refractivity contribution in [3.63, 3.8) is 0 Å². The summed E-state index contributed by atoms with van der Waals surface area (Å²) in [7, 11) is 1.70. The van der Waals surface area contributed by atoms with E-state index in [4.69, 9.17) is 4.74 Å². The van der Waals surface area contributed by atoms with E-state index in [2.05, 4.69) is 32.1 Å². The van der Waals surface area contributed by atoms with Gasteiger partial charge in [-0.2, -0.15) is 0 Å². The summed E-state index contributed by atoms with van der Waals surface area (Å²) in [5.74, 6) is 0.136. The van der Waals surface area contributed by atoms with Gasteiger partial charge in [0.1, 0.15) is 12.1 Å². The molecule has 0 bridgehead atoms. The number of Topliss-reactive ketones (excluding diaryl/α,β-unsaturated/α-hetero) is 1. The van der Waals surface area contributed by atoms with Crippen molar-refractivity contribution in [2.75, 3.05) is 13.7 Å². The van der Waals surface area contributed by atoms with Gasteiger partial charge in [0.15, 0.2) is 0 Å². The first-order chi connectivity index (χ1) is 11.7. The Hall–Kier alpha value is -1.26. The van der Waals surface area contributed by atoms with Crippen LogP contribution in [0.5, 0.6) is 0 Å². The van der Waals surface area contributed by atoms with Gasteiger partial charge in [-0.15, -0.1) is 0 Å². The normalized spacial score (nSPS) is 16.7. The molecule has 0 rings (SSSR count). The fourth-order valence-corrected chi connectivity index (χ4v) is 2.92. The quantitative estimate of drug-likeness (QED) is 0.308. The summed E-state index contributed by atoms with van der Waals surface area (Å²) in [5, 5.41) is 10.0. The van der Waals surface area contributed by atoms with E-state index in [9.17, 15) is 14.7 Å². The second-order valence-corrected chi connectivity index (χ2v) is 7.58. The molecule has 0 aliphatic rings. The van der Waals surface area contributed by atoms with Crippen LogP contribution in [0.4, 0.5) is 0 Å². The maximum absolute atomic E-state index is 12.6. The van der Waals surface area contributed by atoms with Crippen LogP contribution >= 0.6 is 0 Å². The van der Waals surface area contributed by atoms with Gasteiger partial charge in [0.25, 0.3) is 0 Å². The van der Waals surface area contributed by atoms with Crippen molar-refractivity contribution >= 4 is 12.1 Å². The third kappa shape index (κ3) is 9.13. The Balaban J connectivity index is 4.51. The van der Waals surface area contributed by atoms with E-state index in [1.807, 2.05) is 6.92 Å². The molecule has 0 spiro atoms. The minimum atomic E-state index is -0.925. The third-order valence-electron chi connectivity index (χ3n) is 4.68. The van der Waals surface area contributed by atoms with Crippen LogP contribution in [0.25, 0.3) is 0 Å². The van der Waals surface area contributed by atoms with Gasteiger partial charge in [0.2, 0.25) is 0 Å². The number of ketones is 1. The number of methoxy groups -OCH3 is 1. The molecule has 144 valence electrons. The summed E-state index contributed by atoms with van der Waals surface area (Å²) in [6.07, 6.45) is 8.77. The van der Waals surface area contributed by atoms with Gasteiger partial charge in [-0.1, -0.05) is 51.5 Å². The first kappa shape index (κ1) is 23.7. The molecule has 0 fully saturated rings. The van der Waals surface area contributed by atoms with Crippen LogP contribution in [0.3, 0.4) is 0 Å². The minimum Gasteiger partial charge on any atom is -0.392 e. The summed E-state index contributed by atoms with van der Waals surface area (Å²) >= 11 is 0. The van der Waals surface area contributed by atoms with Gasteiger partial charge >= 0.3 is 0 Å². The standard InChI is InChI=1S/C21H36O4/c1-16(11-8-14-25-6)9-7-10-17(2)15-18(3)20(24)21(4,5)19(23)12-13-22/h7,10-11,13,17-19,23H,8-9,12,14-15H2,1-6H3/b10-7-,16-11-. The number of allylic oxidation sites excluding steroid dienone is 3. The maximum atomic E-state index is 12.6. The van der Waals surface area contributed by atoms with Crippen molar-refractivity contribution in [2.45, 2.75) is 66.4 Å². The average Bonchev–Trinajstić information content (AvgIpc) is 2.54. The van der Waals surface area contributed by atoms with Gasteiger partial charge in [-0.05, 0) is 32.1 Å². The summed E-state index contributed by atoms with van der Waals surface area (Å²) < 4.78 is 5.03. The molecule has 0 aromatic heterocycles. The Morgan fingerprint density at radius 1 is 1.28 bits per heavy atom. The fraction of sp³-hybridized carbons (Fsp3) is 0.714. The predicted molar refractivity (Wildman–Crippen MR) is 102 cm³/mol. The van der Waals surface area contributed by atoms with E-state index < -0.39 is 11.5 Å². The van der Waals surface area contributed by atoms with E-state index in [1.165, 1.54) is 5.57 Å². The van der Waals surface area contributed by atoms with Crippen LogP contribution in [0.2, 0.25) is 0 Å². The number of ether oxygens (including phenoxy) is 1. The van der Waals surface area contributed by atoms with E-state index in [1.54, 1.807) is 21.0 Å². The fourth-order valence-electron chi connectivity index (χ4n) is 2.92. The molecule has 25 heavy (non-hydrogen) atoms. The molecule has 0 radical (unpaired) electrons. The van der Waals surface area contributed by atoms with Crippen LogP contribution in [0.1, 0.15) is 60.3 Å². The lowest BCUT2D eigenvalue weighted by Gasteiger charge is -2.31. The highest BCUT2D eigenvalue weighted by Gasteiger charge is 2.37. The van der Waals surface area contributed by atoms with Crippen molar-refractivity contribution in [2.24, 2.45) is 17.3 Å². The molecule has 0 saturated carbocycles. The molecule has 0 aliphatic heterocycles. The monoisotopic (exact) mass is 352 g/mol. The zero-order chi connectivity index (χ0) is 19.5. The van der Waals surface area contributed by atoms with Crippen LogP contribution in [0, 0.1) is 17.3 Å². The average molecular weight is 353 g/mol. The van der Waals surface area contributed by atoms with E-state index >= 15 is 0 Å². The first-order valence-electron chi connectivity index (χ1n) is 9.14. The molecule has 0 aliphatic carbocycles. The van der Waals surface area contributed by atoms with Crippen molar-refractivity contribution in [1.29, 1.82) is 0 Å². The number of carbonyl (C=O) groups excluding carboxylic acids is 2. The number of carbonyl (C=O) groups is 2. The largest absolute Gasteiger partial charge is 0.392 e. The number of aliphatic hydroxyl groups excluding tert-OH is 1. The SMILES string of the molecule is COCC/C=C(/C)C/C=C\C(C)CC(C)C(=O)C(C)(C)C(O)CC=O. The second-order valence-electron chi connectivity index (χ2n) is 7.58. The number of aldehydes is 1. The Morgan fingerprint density at radius 2 is 1.92 bits per heavy atom. The molecule has 0 amide bonds. The number of hydrogen-bond donors (Lipinski definition) is 1. The Morgan fingerprint density at radius 3 is 2.48 bits per heavy atom. The van der Waals surface area contributed by atoms with Crippen molar-refractivity contribution in [1.82, 2.24) is 0 Å². The summed E-state index contributed by atoms with van der Waals surface area (Å²) in [5.41, 5.74) is 0.410. The number of aliphatic hydroxyl groups is 1. The zero-order valence-electron chi connectivity index (χ0n) is 16.7. The highest BCUT2D eigenvalue weighted by Crippen LogP contribution is 2.30. The molecule has 0 saturated heterocycles. The minimum absolute atomic E-state index is 0.00437. The first-order valence-corrected chi connectivity index (χ1v) is 9.14. The topological polar surface area (TPSA) is 63.6 Å². The highest BCUT2D eigenvalue weighted by molar-refractivity contribution is 5.87. The van der Waals surface area contributed by atoms with Gasteiger partial charge in [0, 0.05) is 31.5 Å². The van der Waals surface area contributed by atoms with Crippen LogP contribution in [-0.2, 0) is 14.3 Å². The van der Waals surface area contributed by atoms with E-state index in [0.717, 1.165) is 25.9 Å². The smallest absolute Gasteiger partial charge is 0.143 e. The summed E-state index contributed by atoms with van der Waals surface area (Å²) in [4.78, 5) is 23.2. The summed E-state index contributed by atoms with van der Waals surface area (Å²) in [6.45, 7) is 10.3. The van der Waals surface area contributed by atoms with Gasteiger partial charge in [0.05, 0.1) is 6.10 Å². The third-order valence-corrected chi connectivity index (χ3v) is 4.68. The van der Waals surface area contributed by atoms with Crippen molar-refractivity contribution < 1.29 is 19.4 Å². The lowest BCUT2D eigenvalue weighted by atomic mass is 9.74. The number of rotatable bonds is 13. The van der Waals surface area contributed by atoms with Crippen molar-refractivity contribution in [3.8, 4) is 0 Å². The van der Waals surface area contributed by atoms with Crippen LogP contribution in [0.15, 0.2) is 23.8 Å². The molecule has 0 heterocycles. The Kier molecular flexibility index (Phi) is 11.5. The molecular formula is C21H36O4. The van der Waals surface area contributed by atoms with E-state index in [0.29, 0.717) is 6.29 Å². The Bertz CT molecular complexity index is 463. The van der Waals surface area contributed by atoms with Crippen LogP contribution < -0.4 is 0 Å². The second kappa shape index (κ2) is 12.2. The van der Waals surface area contributed by atoms with E-state index in [-0.39, 0.29) is 24.0 Å². The lowest BCUT2D eigenvalue weighted by Crippen LogP contribution is -2.40. The molecule has 3 atom stereocenters. The molecule has 3 unspecified atom stereocenters.